The molecule has 1 amide bonds. The fourth-order valence-corrected chi connectivity index (χ4v) is 2.83. The molecule has 0 bridgehead atoms. The quantitative estimate of drug-likeness (QED) is 0.859. The van der Waals surface area contributed by atoms with E-state index in [1.165, 1.54) is 18.3 Å². The zero-order valence-electron chi connectivity index (χ0n) is 13.0. The maximum absolute atomic E-state index is 11.9. The highest BCUT2D eigenvalue weighted by Gasteiger charge is 2.14. The zero-order chi connectivity index (χ0) is 16.3. The number of thiazole rings is 1. The van der Waals surface area contributed by atoms with Crippen LogP contribution in [0.4, 0.5) is 5.13 Å². The first-order valence-electron chi connectivity index (χ1n) is 6.85. The van der Waals surface area contributed by atoms with E-state index >= 15 is 0 Å². The summed E-state index contributed by atoms with van der Waals surface area (Å²) >= 11 is 1.18. The van der Waals surface area contributed by atoms with Crippen molar-refractivity contribution in [1.29, 1.82) is 0 Å². The first-order chi connectivity index (χ1) is 10.4. The lowest BCUT2D eigenvalue weighted by atomic mass is 10.1. The van der Waals surface area contributed by atoms with Crippen molar-refractivity contribution in [1.82, 2.24) is 4.98 Å². The van der Waals surface area contributed by atoms with Gasteiger partial charge >= 0.3 is 0 Å². The van der Waals surface area contributed by atoms with E-state index in [1.54, 1.807) is 6.92 Å². The Morgan fingerprint density at radius 2 is 2.00 bits per heavy atom. The maximum Gasteiger partial charge on any atom is 0.264 e. The first kappa shape index (κ1) is 16.2. The molecule has 0 atom stereocenters. The van der Waals surface area contributed by atoms with Gasteiger partial charge in [-0.3, -0.25) is 14.9 Å². The van der Waals surface area contributed by atoms with E-state index in [1.807, 2.05) is 32.0 Å². The number of hydrogen-bond acceptors (Lipinski definition) is 5. The molecule has 0 aliphatic carbocycles. The molecule has 0 radical (unpaired) electrons. The summed E-state index contributed by atoms with van der Waals surface area (Å²) in [4.78, 5) is 28.0. The number of Topliss-reactive ketones (excluding diaryl/α,β-unsaturated/α-hetero) is 1. The van der Waals surface area contributed by atoms with Crippen LogP contribution in [0.3, 0.4) is 0 Å². The summed E-state index contributed by atoms with van der Waals surface area (Å²) in [5.74, 6) is 0.335. The molecular weight excluding hydrogens is 300 g/mol. The molecule has 0 fully saturated rings. The Hall–Kier alpha value is -2.21. The van der Waals surface area contributed by atoms with Crippen LogP contribution < -0.4 is 10.1 Å². The maximum atomic E-state index is 11.9. The lowest BCUT2D eigenvalue weighted by Crippen LogP contribution is -2.20. The minimum atomic E-state index is -0.301. The minimum absolute atomic E-state index is 0.0536. The van der Waals surface area contributed by atoms with E-state index in [0.717, 1.165) is 11.1 Å². The van der Waals surface area contributed by atoms with E-state index in [4.69, 9.17) is 4.74 Å². The minimum Gasteiger partial charge on any atom is -0.483 e. The predicted octanol–water partition coefficient (Wildman–Crippen LogP) is 3.29. The van der Waals surface area contributed by atoms with Gasteiger partial charge in [-0.05, 0) is 38.0 Å². The van der Waals surface area contributed by atoms with Crippen LogP contribution in [0.1, 0.15) is 33.4 Å². The Kier molecular flexibility index (Phi) is 4.92. The van der Waals surface area contributed by atoms with Crippen molar-refractivity contribution in [2.75, 3.05) is 11.9 Å². The van der Waals surface area contributed by atoms with Crippen LogP contribution in [0, 0.1) is 20.8 Å². The van der Waals surface area contributed by atoms with Crippen molar-refractivity contribution in [3.8, 4) is 5.75 Å². The van der Waals surface area contributed by atoms with Crippen LogP contribution in [-0.2, 0) is 4.79 Å². The van der Waals surface area contributed by atoms with E-state index in [-0.39, 0.29) is 18.3 Å². The Morgan fingerprint density at radius 1 is 1.27 bits per heavy atom. The molecule has 0 unspecified atom stereocenters. The number of rotatable bonds is 5. The largest absolute Gasteiger partial charge is 0.483 e. The molecule has 0 spiro atoms. The van der Waals surface area contributed by atoms with Crippen molar-refractivity contribution in [3.63, 3.8) is 0 Å². The van der Waals surface area contributed by atoms with E-state index in [0.29, 0.717) is 21.5 Å². The van der Waals surface area contributed by atoms with Crippen molar-refractivity contribution in [2.45, 2.75) is 27.7 Å². The second kappa shape index (κ2) is 6.70. The van der Waals surface area contributed by atoms with Gasteiger partial charge < -0.3 is 4.74 Å². The third kappa shape index (κ3) is 3.71. The van der Waals surface area contributed by atoms with Crippen LogP contribution in [0.25, 0.3) is 0 Å². The highest BCUT2D eigenvalue weighted by molar-refractivity contribution is 7.17. The third-order valence-electron chi connectivity index (χ3n) is 3.28. The van der Waals surface area contributed by atoms with E-state index < -0.39 is 0 Å². The molecule has 0 aliphatic rings. The summed E-state index contributed by atoms with van der Waals surface area (Å²) in [5, 5.41) is 3.07. The van der Waals surface area contributed by atoms with Crippen molar-refractivity contribution >= 4 is 28.2 Å². The molecule has 22 heavy (non-hydrogen) atoms. The standard InChI is InChI=1S/C16H18N2O3S/c1-9-6-5-7-13(10(9)2)21-8-14(20)18-16-17-11(3)15(22-16)12(4)19/h5-7H,8H2,1-4H3,(H,17,18,20). The predicted molar refractivity (Wildman–Crippen MR) is 86.9 cm³/mol. The number of carbonyl (C=O) groups is 2. The number of anilines is 1. The molecule has 116 valence electrons. The van der Waals surface area contributed by atoms with Gasteiger partial charge in [0.15, 0.2) is 17.5 Å². The number of aryl methyl sites for hydroxylation is 2. The summed E-state index contributed by atoms with van der Waals surface area (Å²) in [6.07, 6.45) is 0. The first-order valence-corrected chi connectivity index (χ1v) is 7.67. The van der Waals surface area contributed by atoms with Gasteiger partial charge in [0.05, 0.1) is 10.6 Å². The summed E-state index contributed by atoms with van der Waals surface area (Å²) in [5.41, 5.74) is 2.75. The van der Waals surface area contributed by atoms with Gasteiger partial charge in [0.25, 0.3) is 5.91 Å². The van der Waals surface area contributed by atoms with Crippen LogP contribution >= 0.6 is 11.3 Å². The molecule has 1 aromatic carbocycles. The Labute approximate surface area is 133 Å². The van der Waals surface area contributed by atoms with E-state index in [2.05, 4.69) is 10.3 Å². The van der Waals surface area contributed by atoms with E-state index in [9.17, 15) is 9.59 Å². The number of amides is 1. The molecule has 2 aromatic rings. The Morgan fingerprint density at radius 3 is 2.64 bits per heavy atom. The van der Waals surface area contributed by atoms with Crippen LogP contribution in [0.2, 0.25) is 0 Å². The number of hydrogen-bond donors (Lipinski definition) is 1. The highest BCUT2D eigenvalue weighted by atomic mass is 32.1. The molecule has 6 heteroatoms. The molecule has 1 N–H and O–H groups in total. The summed E-state index contributed by atoms with van der Waals surface area (Å²) < 4.78 is 5.53. The third-order valence-corrected chi connectivity index (χ3v) is 4.45. The van der Waals surface area contributed by atoms with Gasteiger partial charge in [0, 0.05) is 6.92 Å². The lowest BCUT2D eigenvalue weighted by molar-refractivity contribution is -0.118. The average molecular weight is 318 g/mol. The molecule has 0 aliphatic heterocycles. The van der Waals surface area contributed by atoms with Gasteiger partial charge in [-0.2, -0.15) is 0 Å². The van der Waals surface area contributed by atoms with Crippen LogP contribution in [0.5, 0.6) is 5.75 Å². The molecule has 1 heterocycles. The van der Waals surface area contributed by atoms with Crippen molar-refractivity contribution < 1.29 is 14.3 Å². The summed E-state index contributed by atoms with van der Waals surface area (Å²) in [6.45, 7) is 7.07. The number of ketones is 1. The van der Waals surface area contributed by atoms with Gasteiger partial charge in [-0.1, -0.05) is 23.5 Å². The number of aromatic nitrogens is 1. The summed E-state index contributed by atoms with van der Waals surface area (Å²) in [7, 11) is 0. The van der Waals surface area contributed by atoms with Crippen LogP contribution in [0.15, 0.2) is 18.2 Å². The molecule has 5 nitrogen and oxygen atoms in total. The fraction of sp³-hybridized carbons (Fsp3) is 0.312. The second-order valence-electron chi connectivity index (χ2n) is 5.02. The number of nitrogens with zero attached hydrogens (tertiary/aromatic N) is 1. The number of nitrogens with one attached hydrogen (secondary N) is 1. The topological polar surface area (TPSA) is 68.3 Å². The van der Waals surface area contributed by atoms with Gasteiger partial charge in [0.2, 0.25) is 0 Å². The lowest BCUT2D eigenvalue weighted by Gasteiger charge is -2.10. The average Bonchev–Trinajstić information content (AvgIpc) is 2.81. The fourth-order valence-electron chi connectivity index (χ4n) is 1.96. The normalized spacial score (nSPS) is 10.4. The number of benzene rings is 1. The SMILES string of the molecule is CC(=O)c1sc(NC(=O)COc2cccc(C)c2C)nc1C. The van der Waals surface area contributed by atoms with Crippen molar-refractivity contribution in [3.05, 3.63) is 39.9 Å². The molecular formula is C16H18N2O3S. The number of carbonyl (C=O) groups excluding carboxylic acids is 2. The molecule has 1 aromatic heterocycles. The number of ether oxygens (including phenoxy) is 1. The molecule has 0 saturated heterocycles. The Bertz CT molecular complexity index is 722. The second-order valence-corrected chi connectivity index (χ2v) is 6.02. The molecule has 0 saturated carbocycles. The molecule has 2 rings (SSSR count). The smallest absolute Gasteiger partial charge is 0.264 e. The highest BCUT2D eigenvalue weighted by Crippen LogP contribution is 2.23. The monoisotopic (exact) mass is 318 g/mol. The Balaban J connectivity index is 1.97. The van der Waals surface area contributed by atoms with Crippen molar-refractivity contribution in [2.24, 2.45) is 0 Å². The van der Waals surface area contributed by atoms with Gasteiger partial charge in [-0.25, -0.2) is 4.98 Å². The zero-order valence-corrected chi connectivity index (χ0v) is 13.8. The van der Waals surface area contributed by atoms with Gasteiger partial charge in [0.1, 0.15) is 5.75 Å². The van der Waals surface area contributed by atoms with Gasteiger partial charge in [-0.15, -0.1) is 0 Å². The van der Waals surface area contributed by atoms with Crippen LogP contribution in [-0.4, -0.2) is 23.3 Å². The summed E-state index contributed by atoms with van der Waals surface area (Å²) in [6, 6.07) is 5.71.